The summed E-state index contributed by atoms with van der Waals surface area (Å²) in [7, 11) is 0. The van der Waals surface area contributed by atoms with Crippen LogP contribution in [0.3, 0.4) is 0 Å². The maximum Gasteiger partial charge on any atom is 0.404 e. The van der Waals surface area contributed by atoms with E-state index in [0.29, 0.717) is 18.7 Å². The number of amides is 1. The maximum absolute atomic E-state index is 10.9. The number of piperidine rings is 1. The van der Waals surface area contributed by atoms with Crippen molar-refractivity contribution in [2.45, 2.75) is 37.6 Å². The highest BCUT2D eigenvalue weighted by Gasteiger charge is 2.38. The number of hydrogen-bond acceptors (Lipinski definition) is 4. The van der Waals surface area contributed by atoms with Crippen LogP contribution in [0, 0.1) is 0 Å². The van der Waals surface area contributed by atoms with E-state index in [-0.39, 0.29) is 6.04 Å². The molecule has 1 aromatic carbocycles. The van der Waals surface area contributed by atoms with Crippen molar-refractivity contribution >= 4 is 17.7 Å². The summed E-state index contributed by atoms with van der Waals surface area (Å²) in [6, 6.07) is 9.92. The minimum absolute atomic E-state index is 0.138. The molecule has 1 aliphatic heterocycles. The van der Waals surface area contributed by atoms with E-state index in [4.69, 9.17) is 22.1 Å². The van der Waals surface area contributed by atoms with E-state index in [9.17, 15) is 9.90 Å². The first-order valence-electron chi connectivity index (χ1n) is 7.10. The highest BCUT2D eigenvalue weighted by atomic mass is 35.5. The van der Waals surface area contributed by atoms with Crippen molar-refractivity contribution in [3.8, 4) is 0 Å². The monoisotopic (exact) mass is 312 g/mol. The van der Waals surface area contributed by atoms with Crippen LogP contribution in [-0.2, 0) is 11.3 Å². The van der Waals surface area contributed by atoms with Gasteiger partial charge in [-0.3, -0.25) is 4.90 Å². The zero-order valence-electron chi connectivity index (χ0n) is 11.8. The molecule has 0 radical (unpaired) electrons. The summed E-state index contributed by atoms with van der Waals surface area (Å²) < 4.78 is 5.00. The van der Waals surface area contributed by atoms with E-state index >= 15 is 0 Å². The average molecular weight is 313 g/mol. The van der Waals surface area contributed by atoms with Crippen LogP contribution in [0.1, 0.15) is 18.4 Å². The number of hydrogen-bond donors (Lipinski definition) is 2. The summed E-state index contributed by atoms with van der Waals surface area (Å²) in [6.07, 6.45) is -0.971. The van der Waals surface area contributed by atoms with Gasteiger partial charge in [0.15, 0.2) is 0 Å². The standard InChI is InChI=1S/C15H21ClN2O3/c16-8-6-12-14(19)13(21-15(17)20)7-9-18(12)10-11-4-2-1-3-5-11/h1-5,12-14,19H,6-10H2,(H2,17,20)/t12-,13?,14+/m1/s1. The molecular weight excluding hydrogens is 292 g/mol. The molecule has 1 aliphatic rings. The Balaban J connectivity index is 2.06. The number of carbonyl (C=O) groups is 1. The molecule has 1 saturated heterocycles. The fourth-order valence-electron chi connectivity index (χ4n) is 2.85. The Morgan fingerprint density at radius 1 is 1.43 bits per heavy atom. The number of aliphatic hydroxyl groups is 1. The summed E-state index contributed by atoms with van der Waals surface area (Å²) in [4.78, 5) is 13.1. The normalized spacial score (nSPS) is 26.5. The van der Waals surface area contributed by atoms with Gasteiger partial charge in [-0.2, -0.15) is 0 Å². The lowest BCUT2D eigenvalue weighted by molar-refractivity contribution is -0.0819. The van der Waals surface area contributed by atoms with Gasteiger partial charge >= 0.3 is 6.09 Å². The summed E-state index contributed by atoms with van der Waals surface area (Å²) >= 11 is 5.85. The van der Waals surface area contributed by atoms with Crippen LogP contribution in [-0.4, -0.2) is 46.8 Å². The van der Waals surface area contributed by atoms with Crippen molar-refractivity contribution in [3.05, 3.63) is 35.9 Å². The SMILES string of the molecule is NC(=O)OC1CCN(Cc2ccccc2)[C@H](CCCl)[C@@H]1O. The number of carbonyl (C=O) groups excluding carboxylic acids is 1. The van der Waals surface area contributed by atoms with Gasteiger partial charge in [0.1, 0.15) is 12.2 Å². The predicted octanol–water partition coefficient (Wildman–Crippen LogP) is 1.71. The van der Waals surface area contributed by atoms with Crippen molar-refractivity contribution in [3.63, 3.8) is 0 Å². The third-order valence-corrected chi connectivity index (χ3v) is 4.06. The van der Waals surface area contributed by atoms with E-state index in [0.717, 1.165) is 13.1 Å². The Kier molecular flexibility index (Phi) is 5.85. The van der Waals surface area contributed by atoms with Crippen molar-refractivity contribution in [2.24, 2.45) is 5.73 Å². The molecule has 6 heteroatoms. The van der Waals surface area contributed by atoms with Gasteiger partial charge in [0.2, 0.25) is 0 Å². The minimum atomic E-state index is -0.847. The Morgan fingerprint density at radius 2 is 2.14 bits per heavy atom. The largest absolute Gasteiger partial charge is 0.444 e. The van der Waals surface area contributed by atoms with Gasteiger partial charge in [0, 0.05) is 25.0 Å². The highest BCUT2D eigenvalue weighted by molar-refractivity contribution is 6.17. The number of halogens is 1. The number of alkyl halides is 1. The minimum Gasteiger partial charge on any atom is -0.444 e. The molecule has 3 atom stereocenters. The lowest BCUT2D eigenvalue weighted by atomic mass is 9.93. The smallest absolute Gasteiger partial charge is 0.404 e. The molecule has 5 nitrogen and oxygen atoms in total. The molecule has 0 spiro atoms. The van der Waals surface area contributed by atoms with Gasteiger partial charge in [-0.15, -0.1) is 11.6 Å². The highest BCUT2D eigenvalue weighted by Crippen LogP contribution is 2.25. The zero-order chi connectivity index (χ0) is 15.2. The fourth-order valence-corrected chi connectivity index (χ4v) is 3.07. The molecular formula is C15H21ClN2O3. The van der Waals surface area contributed by atoms with E-state index in [1.807, 2.05) is 18.2 Å². The third kappa shape index (κ3) is 4.33. The van der Waals surface area contributed by atoms with Crippen molar-refractivity contribution in [2.75, 3.05) is 12.4 Å². The van der Waals surface area contributed by atoms with E-state index in [2.05, 4.69) is 17.0 Å². The second-order valence-corrected chi connectivity index (χ2v) is 5.63. The van der Waals surface area contributed by atoms with Gasteiger partial charge < -0.3 is 15.6 Å². The molecule has 0 aromatic heterocycles. The van der Waals surface area contributed by atoms with Crippen LogP contribution < -0.4 is 5.73 Å². The average Bonchev–Trinajstić information content (AvgIpc) is 2.46. The van der Waals surface area contributed by atoms with Crippen molar-refractivity contribution in [1.82, 2.24) is 4.90 Å². The summed E-state index contributed by atoms with van der Waals surface area (Å²) in [5, 5.41) is 10.4. The Bertz CT molecular complexity index is 457. The molecule has 116 valence electrons. The van der Waals surface area contributed by atoms with Gasteiger partial charge in [-0.05, 0) is 18.4 Å². The number of primary amides is 1. The molecule has 0 bridgehead atoms. The number of ether oxygens (including phenoxy) is 1. The fraction of sp³-hybridized carbons (Fsp3) is 0.533. The van der Waals surface area contributed by atoms with Crippen LogP contribution in [0.4, 0.5) is 4.79 Å². The molecule has 1 aromatic rings. The quantitative estimate of drug-likeness (QED) is 0.812. The molecule has 0 saturated carbocycles. The van der Waals surface area contributed by atoms with Crippen LogP contribution >= 0.6 is 11.6 Å². The Labute approximate surface area is 129 Å². The number of aliphatic hydroxyl groups excluding tert-OH is 1. The number of benzene rings is 1. The molecule has 21 heavy (non-hydrogen) atoms. The number of likely N-dealkylation sites (tertiary alicyclic amines) is 1. The van der Waals surface area contributed by atoms with Crippen molar-refractivity contribution < 1.29 is 14.6 Å². The lowest BCUT2D eigenvalue weighted by Crippen LogP contribution is -2.55. The first-order chi connectivity index (χ1) is 10.1. The topological polar surface area (TPSA) is 75.8 Å². The first-order valence-corrected chi connectivity index (χ1v) is 7.63. The summed E-state index contributed by atoms with van der Waals surface area (Å²) in [5.74, 6) is 0.441. The van der Waals surface area contributed by atoms with Gasteiger partial charge in [0.05, 0.1) is 0 Å². The van der Waals surface area contributed by atoms with Crippen molar-refractivity contribution in [1.29, 1.82) is 0 Å². The number of rotatable bonds is 5. The Hall–Kier alpha value is -1.30. The summed E-state index contributed by atoms with van der Waals surface area (Å²) in [5.41, 5.74) is 6.23. The zero-order valence-corrected chi connectivity index (χ0v) is 12.6. The summed E-state index contributed by atoms with van der Waals surface area (Å²) in [6.45, 7) is 1.47. The third-order valence-electron chi connectivity index (χ3n) is 3.85. The van der Waals surface area contributed by atoms with Gasteiger partial charge in [-0.25, -0.2) is 4.79 Å². The molecule has 0 aliphatic carbocycles. The predicted molar refractivity (Wildman–Crippen MR) is 81.1 cm³/mol. The molecule has 1 amide bonds. The second-order valence-electron chi connectivity index (χ2n) is 5.26. The van der Waals surface area contributed by atoms with Gasteiger partial charge in [-0.1, -0.05) is 30.3 Å². The molecule has 1 unspecified atom stereocenters. The molecule has 3 N–H and O–H groups in total. The maximum atomic E-state index is 10.9. The van der Waals surface area contributed by atoms with Crippen LogP contribution in [0.5, 0.6) is 0 Å². The van der Waals surface area contributed by atoms with E-state index < -0.39 is 18.3 Å². The van der Waals surface area contributed by atoms with Crippen LogP contribution in [0.2, 0.25) is 0 Å². The molecule has 1 heterocycles. The molecule has 1 fully saturated rings. The number of nitrogens with zero attached hydrogens (tertiary/aromatic N) is 1. The molecule has 2 rings (SSSR count). The second kappa shape index (κ2) is 7.64. The first kappa shape index (κ1) is 16.1. The van der Waals surface area contributed by atoms with E-state index in [1.54, 1.807) is 0 Å². The number of nitrogens with two attached hydrogens (primary N) is 1. The Morgan fingerprint density at radius 3 is 2.76 bits per heavy atom. The van der Waals surface area contributed by atoms with E-state index in [1.165, 1.54) is 5.56 Å². The lowest BCUT2D eigenvalue weighted by Gasteiger charge is -2.42. The van der Waals surface area contributed by atoms with Gasteiger partial charge in [0.25, 0.3) is 0 Å². The van der Waals surface area contributed by atoms with Crippen LogP contribution in [0.15, 0.2) is 30.3 Å². The van der Waals surface area contributed by atoms with Crippen LogP contribution in [0.25, 0.3) is 0 Å².